The first kappa shape index (κ1) is 27.8. The average Bonchev–Trinajstić information content (AvgIpc) is 3.21. The van der Waals surface area contributed by atoms with E-state index in [1.54, 1.807) is 13.8 Å². The van der Waals surface area contributed by atoms with E-state index in [1.807, 2.05) is 13.8 Å². The van der Waals surface area contributed by atoms with E-state index >= 15 is 0 Å². The molecule has 0 radical (unpaired) electrons. The number of fused-ring (bicyclic) bond motifs is 1. The second kappa shape index (κ2) is 8.91. The fraction of sp³-hybridized carbons (Fsp3) is 1.00. The minimum Gasteiger partial charge on any atom is -0.393 e. The zero-order valence-electron chi connectivity index (χ0n) is 23.1. The average molecular weight is 497 g/mol. The predicted molar refractivity (Wildman–Crippen MR) is 136 cm³/mol. The first-order chi connectivity index (χ1) is 16.0. The lowest BCUT2D eigenvalue weighted by Gasteiger charge is -2.56. The molecule has 4 aliphatic rings. The normalized spacial score (nSPS) is 51.3. The summed E-state index contributed by atoms with van der Waals surface area (Å²) >= 11 is 0. The third-order valence-electron chi connectivity index (χ3n) is 11.7. The van der Waals surface area contributed by atoms with E-state index in [0.29, 0.717) is 25.7 Å². The molecule has 3 aliphatic carbocycles. The van der Waals surface area contributed by atoms with Crippen LogP contribution in [0.25, 0.3) is 0 Å². The Morgan fingerprint density at radius 3 is 2.14 bits per heavy atom. The molecule has 0 aromatic rings. The molecule has 11 atom stereocenters. The number of aliphatic hydroxyl groups excluding tert-OH is 4. The van der Waals surface area contributed by atoms with Crippen molar-refractivity contribution in [2.45, 2.75) is 148 Å². The maximum Gasteiger partial charge on any atom is 0.0865 e. The van der Waals surface area contributed by atoms with Crippen molar-refractivity contribution < 1.29 is 30.3 Å². The maximum absolute atomic E-state index is 11.5. The Morgan fingerprint density at radius 1 is 0.886 bits per heavy atom. The van der Waals surface area contributed by atoms with Crippen molar-refractivity contribution in [1.29, 1.82) is 0 Å². The van der Waals surface area contributed by atoms with Gasteiger partial charge in [0.2, 0.25) is 0 Å². The van der Waals surface area contributed by atoms with Crippen molar-refractivity contribution >= 4 is 0 Å². The Hall–Kier alpha value is -0.240. The van der Waals surface area contributed by atoms with E-state index < -0.39 is 41.0 Å². The Morgan fingerprint density at radius 2 is 1.54 bits per heavy atom. The number of aliphatic hydroxyl groups is 5. The quantitative estimate of drug-likeness (QED) is 0.396. The topological polar surface area (TPSA) is 110 Å². The van der Waals surface area contributed by atoms with Gasteiger partial charge in [0.15, 0.2) is 0 Å². The molecule has 0 bridgehead atoms. The van der Waals surface area contributed by atoms with E-state index in [9.17, 15) is 25.5 Å². The highest BCUT2D eigenvalue weighted by Crippen LogP contribution is 2.69. The van der Waals surface area contributed by atoms with Crippen LogP contribution in [-0.2, 0) is 4.74 Å². The van der Waals surface area contributed by atoms with Crippen LogP contribution >= 0.6 is 0 Å². The molecule has 1 heterocycles. The van der Waals surface area contributed by atoms with Gasteiger partial charge in [0.05, 0.1) is 41.7 Å². The molecule has 0 spiro atoms. The predicted octanol–water partition coefficient (Wildman–Crippen LogP) is 3.80. The summed E-state index contributed by atoms with van der Waals surface area (Å²) in [6, 6.07) is 0. The summed E-state index contributed by atoms with van der Waals surface area (Å²) in [5, 5.41) is 55.1. The molecule has 0 aromatic carbocycles. The van der Waals surface area contributed by atoms with Crippen LogP contribution in [0.15, 0.2) is 0 Å². The molecule has 0 aromatic heterocycles. The lowest BCUT2D eigenvalue weighted by molar-refractivity contribution is -0.180. The fourth-order valence-electron chi connectivity index (χ4n) is 9.51. The van der Waals surface area contributed by atoms with Gasteiger partial charge >= 0.3 is 0 Å². The third kappa shape index (κ3) is 4.32. The summed E-state index contributed by atoms with van der Waals surface area (Å²) in [5.74, 6) is -0.188. The van der Waals surface area contributed by atoms with Gasteiger partial charge in [-0.1, -0.05) is 34.1 Å². The van der Waals surface area contributed by atoms with Crippen molar-refractivity contribution in [2.24, 2.45) is 34.0 Å². The SMILES string of the molecule is CC(C)(O)C1CCC(C)(C2C(O)CC3(C)C(CC(O)C4C(O)CCC(O)C4(C)C)CCCC23C)O1. The molecule has 6 nitrogen and oxygen atoms in total. The van der Waals surface area contributed by atoms with Crippen LogP contribution < -0.4 is 0 Å². The van der Waals surface area contributed by atoms with Crippen molar-refractivity contribution in [3.63, 3.8) is 0 Å². The lowest BCUT2D eigenvalue weighted by atomic mass is 9.49. The van der Waals surface area contributed by atoms with Crippen molar-refractivity contribution in [3.05, 3.63) is 0 Å². The van der Waals surface area contributed by atoms with Gasteiger partial charge in [-0.25, -0.2) is 0 Å². The van der Waals surface area contributed by atoms with Crippen LogP contribution in [0.1, 0.15) is 106 Å². The first-order valence-corrected chi connectivity index (χ1v) is 14.1. The van der Waals surface area contributed by atoms with Crippen LogP contribution in [0.5, 0.6) is 0 Å². The monoisotopic (exact) mass is 496 g/mol. The van der Waals surface area contributed by atoms with E-state index in [-0.39, 0.29) is 34.7 Å². The molecule has 6 heteroatoms. The highest BCUT2D eigenvalue weighted by atomic mass is 16.5. The largest absolute Gasteiger partial charge is 0.393 e. The molecular formula is C29H52O6. The minimum atomic E-state index is -0.914. The van der Waals surface area contributed by atoms with E-state index in [2.05, 4.69) is 20.8 Å². The van der Waals surface area contributed by atoms with Gasteiger partial charge in [0, 0.05) is 11.8 Å². The van der Waals surface area contributed by atoms with Crippen molar-refractivity contribution in [3.8, 4) is 0 Å². The zero-order chi connectivity index (χ0) is 26.2. The highest BCUT2D eigenvalue weighted by molar-refractivity contribution is 5.17. The smallest absolute Gasteiger partial charge is 0.0865 e. The third-order valence-corrected chi connectivity index (χ3v) is 11.7. The molecule has 4 fully saturated rings. The summed E-state index contributed by atoms with van der Waals surface area (Å²) in [6.45, 7) is 14.3. The fourth-order valence-corrected chi connectivity index (χ4v) is 9.51. The minimum absolute atomic E-state index is 0.0363. The van der Waals surface area contributed by atoms with Gasteiger partial charge in [0.25, 0.3) is 0 Å². The van der Waals surface area contributed by atoms with Gasteiger partial charge in [-0.05, 0) is 94.3 Å². The molecular weight excluding hydrogens is 444 g/mol. The van der Waals surface area contributed by atoms with Gasteiger partial charge < -0.3 is 30.3 Å². The van der Waals surface area contributed by atoms with Crippen LogP contribution in [0.2, 0.25) is 0 Å². The molecule has 3 saturated carbocycles. The maximum atomic E-state index is 11.5. The Balaban J connectivity index is 1.59. The summed E-state index contributed by atoms with van der Waals surface area (Å²) < 4.78 is 6.57. The van der Waals surface area contributed by atoms with Gasteiger partial charge in [-0.2, -0.15) is 0 Å². The second-order valence-electron chi connectivity index (χ2n) is 14.6. The lowest BCUT2D eigenvalue weighted by Crippen LogP contribution is -2.55. The number of ether oxygens (including phenoxy) is 1. The number of hydrogen-bond donors (Lipinski definition) is 5. The van der Waals surface area contributed by atoms with Crippen molar-refractivity contribution in [1.82, 2.24) is 0 Å². The number of rotatable bonds is 5. The van der Waals surface area contributed by atoms with E-state index in [0.717, 1.165) is 32.1 Å². The van der Waals surface area contributed by atoms with Crippen molar-refractivity contribution in [2.75, 3.05) is 0 Å². The Labute approximate surface area is 212 Å². The number of hydrogen-bond acceptors (Lipinski definition) is 6. The molecule has 1 saturated heterocycles. The standard InChI is InChI=1S/C29H52O6/c1-25(2)21(33)11-10-18(30)23(25)19(31)15-17-9-8-13-27(5)24(20(32)16-28(17,27)6)29(7)14-12-22(35-29)26(3,4)34/h17-24,30-34H,8-16H2,1-7H3. The van der Waals surface area contributed by atoms with Gasteiger partial charge in [-0.15, -0.1) is 0 Å². The zero-order valence-corrected chi connectivity index (χ0v) is 23.1. The summed E-state index contributed by atoms with van der Waals surface area (Å²) in [4.78, 5) is 0. The van der Waals surface area contributed by atoms with Gasteiger partial charge in [-0.3, -0.25) is 0 Å². The van der Waals surface area contributed by atoms with Crippen LogP contribution in [0, 0.1) is 34.0 Å². The molecule has 4 rings (SSSR count). The van der Waals surface area contributed by atoms with E-state index in [4.69, 9.17) is 4.74 Å². The Kier molecular flexibility index (Phi) is 7.08. The highest BCUT2D eigenvalue weighted by Gasteiger charge is 2.68. The summed E-state index contributed by atoms with van der Waals surface area (Å²) in [7, 11) is 0. The Bertz CT molecular complexity index is 778. The van der Waals surface area contributed by atoms with Crippen LogP contribution in [-0.4, -0.2) is 67.3 Å². The molecule has 1 aliphatic heterocycles. The molecule has 35 heavy (non-hydrogen) atoms. The molecule has 0 amide bonds. The van der Waals surface area contributed by atoms with Gasteiger partial charge in [0.1, 0.15) is 0 Å². The van der Waals surface area contributed by atoms with E-state index in [1.165, 1.54) is 0 Å². The van der Waals surface area contributed by atoms with Crippen LogP contribution in [0.3, 0.4) is 0 Å². The summed E-state index contributed by atoms with van der Waals surface area (Å²) in [5.41, 5.74) is -2.28. The summed E-state index contributed by atoms with van der Waals surface area (Å²) in [6.07, 6.45) is 4.42. The molecule has 5 N–H and O–H groups in total. The second-order valence-corrected chi connectivity index (χ2v) is 14.6. The molecule has 11 unspecified atom stereocenters. The van der Waals surface area contributed by atoms with Crippen LogP contribution in [0.4, 0.5) is 0 Å². The molecule has 204 valence electrons. The first-order valence-electron chi connectivity index (χ1n) is 14.1.